The predicted molar refractivity (Wildman–Crippen MR) is 120 cm³/mol. The van der Waals surface area contributed by atoms with E-state index in [4.69, 9.17) is 11.6 Å². The van der Waals surface area contributed by atoms with E-state index in [1.807, 2.05) is 41.3 Å². The molecule has 2 aromatic rings. The van der Waals surface area contributed by atoms with Crippen molar-refractivity contribution in [3.05, 3.63) is 64.7 Å². The lowest BCUT2D eigenvalue weighted by atomic mass is 10.0. The van der Waals surface area contributed by atoms with E-state index < -0.39 is 0 Å². The van der Waals surface area contributed by atoms with Gasteiger partial charge in [-0.1, -0.05) is 35.9 Å². The minimum absolute atomic E-state index is 0.0659. The zero-order valence-electron chi connectivity index (χ0n) is 17.1. The lowest BCUT2D eigenvalue weighted by Gasteiger charge is -2.32. The van der Waals surface area contributed by atoms with Crippen molar-refractivity contribution in [3.63, 3.8) is 0 Å². The molecule has 1 N–H and O–H groups in total. The summed E-state index contributed by atoms with van der Waals surface area (Å²) in [5.41, 5.74) is 3.17. The fourth-order valence-electron chi connectivity index (χ4n) is 4.26. The molecule has 2 heterocycles. The molecule has 0 unspecified atom stereocenters. The molecule has 4 rings (SSSR count). The second kappa shape index (κ2) is 9.63. The van der Waals surface area contributed by atoms with Crippen molar-refractivity contribution in [2.24, 2.45) is 0 Å². The molecule has 2 aliphatic rings. The third kappa shape index (κ3) is 5.41. The van der Waals surface area contributed by atoms with Crippen LogP contribution in [0.2, 0.25) is 5.02 Å². The van der Waals surface area contributed by atoms with Gasteiger partial charge < -0.3 is 10.2 Å². The molecule has 2 amide bonds. The van der Waals surface area contributed by atoms with Gasteiger partial charge in [0.25, 0.3) is 0 Å². The van der Waals surface area contributed by atoms with E-state index >= 15 is 0 Å². The van der Waals surface area contributed by atoms with Gasteiger partial charge in [0.15, 0.2) is 0 Å². The van der Waals surface area contributed by atoms with Gasteiger partial charge in [0.05, 0.1) is 6.42 Å². The van der Waals surface area contributed by atoms with Crippen LogP contribution >= 0.6 is 11.6 Å². The Kier molecular flexibility index (Phi) is 6.70. The zero-order valence-corrected chi connectivity index (χ0v) is 17.9. The number of anilines is 1. The Morgan fingerprint density at radius 2 is 1.63 bits per heavy atom. The van der Waals surface area contributed by atoms with Gasteiger partial charge in [-0.15, -0.1) is 0 Å². The maximum Gasteiger partial charge on any atom is 0.227 e. The number of halogens is 1. The molecule has 0 bridgehead atoms. The van der Waals surface area contributed by atoms with Gasteiger partial charge in [-0.2, -0.15) is 0 Å². The maximum atomic E-state index is 12.5. The molecular formula is C24H28ClN3O2. The van der Waals surface area contributed by atoms with Gasteiger partial charge in [-0.05, 0) is 54.7 Å². The normalized spacial score (nSPS) is 18.0. The van der Waals surface area contributed by atoms with Crippen LogP contribution in [0.3, 0.4) is 0 Å². The molecule has 2 aliphatic heterocycles. The summed E-state index contributed by atoms with van der Waals surface area (Å²) >= 11 is 5.95. The number of benzene rings is 2. The van der Waals surface area contributed by atoms with Crippen LogP contribution in [0.1, 0.15) is 36.8 Å². The Morgan fingerprint density at radius 3 is 2.27 bits per heavy atom. The van der Waals surface area contributed by atoms with Gasteiger partial charge in [-0.3, -0.25) is 14.5 Å². The number of rotatable bonds is 6. The number of hydrogen-bond donors (Lipinski definition) is 1. The highest BCUT2D eigenvalue weighted by molar-refractivity contribution is 6.30. The van der Waals surface area contributed by atoms with E-state index in [-0.39, 0.29) is 17.9 Å². The number of carbonyl (C=O) groups is 2. The fourth-order valence-corrected chi connectivity index (χ4v) is 4.39. The first-order valence-electron chi connectivity index (χ1n) is 10.7. The van der Waals surface area contributed by atoms with Crippen LogP contribution in [0.25, 0.3) is 0 Å². The molecule has 0 aliphatic carbocycles. The van der Waals surface area contributed by atoms with Crippen LogP contribution in [-0.4, -0.2) is 42.4 Å². The number of hydrogen-bond acceptors (Lipinski definition) is 3. The van der Waals surface area contributed by atoms with Gasteiger partial charge in [0.1, 0.15) is 0 Å². The van der Waals surface area contributed by atoms with Crippen molar-refractivity contribution >= 4 is 29.1 Å². The van der Waals surface area contributed by atoms with Gasteiger partial charge >= 0.3 is 0 Å². The summed E-state index contributed by atoms with van der Waals surface area (Å²) in [5.74, 6) is 0.249. The average Bonchev–Trinajstić information content (AvgIpc) is 3.17. The van der Waals surface area contributed by atoms with Crippen molar-refractivity contribution in [1.82, 2.24) is 10.2 Å². The van der Waals surface area contributed by atoms with Crippen molar-refractivity contribution in [2.75, 3.05) is 24.5 Å². The highest BCUT2D eigenvalue weighted by Gasteiger charge is 2.22. The molecule has 0 saturated carbocycles. The largest absolute Gasteiger partial charge is 0.353 e. The summed E-state index contributed by atoms with van der Waals surface area (Å²) in [6.07, 6.45) is 3.86. The van der Waals surface area contributed by atoms with Crippen LogP contribution in [0.15, 0.2) is 48.5 Å². The van der Waals surface area contributed by atoms with Crippen LogP contribution < -0.4 is 10.2 Å². The second-order valence-corrected chi connectivity index (χ2v) is 8.67. The number of nitrogens with one attached hydrogen (secondary N) is 1. The Labute approximate surface area is 183 Å². The molecular weight excluding hydrogens is 398 g/mol. The third-order valence-corrected chi connectivity index (χ3v) is 6.21. The first-order chi connectivity index (χ1) is 14.6. The zero-order chi connectivity index (χ0) is 20.9. The van der Waals surface area contributed by atoms with Gasteiger partial charge in [0.2, 0.25) is 11.8 Å². The minimum Gasteiger partial charge on any atom is -0.353 e. The molecule has 2 fully saturated rings. The summed E-state index contributed by atoms with van der Waals surface area (Å²) in [6, 6.07) is 16.0. The van der Waals surface area contributed by atoms with Crippen molar-refractivity contribution in [1.29, 1.82) is 0 Å². The van der Waals surface area contributed by atoms with Gasteiger partial charge in [-0.25, -0.2) is 0 Å². The van der Waals surface area contributed by atoms with Crippen molar-refractivity contribution < 1.29 is 9.59 Å². The van der Waals surface area contributed by atoms with Gasteiger partial charge in [0, 0.05) is 49.4 Å². The number of amides is 2. The van der Waals surface area contributed by atoms with Crippen molar-refractivity contribution in [3.8, 4) is 0 Å². The Hall–Kier alpha value is -2.37. The van der Waals surface area contributed by atoms with E-state index in [1.165, 1.54) is 5.56 Å². The van der Waals surface area contributed by atoms with E-state index in [9.17, 15) is 9.59 Å². The smallest absolute Gasteiger partial charge is 0.227 e. The monoisotopic (exact) mass is 425 g/mol. The summed E-state index contributed by atoms with van der Waals surface area (Å²) in [7, 11) is 0. The summed E-state index contributed by atoms with van der Waals surface area (Å²) < 4.78 is 0. The minimum atomic E-state index is 0.0659. The fraction of sp³-hybridized carbons (Fsp3) is 0.417. The molecule has 5 nitrogen and oxygen atoms in total. The lowest BCUT2D eigenvalue weighted by Crippen LogP contribution is -2.44. The molecule has 0 atom stereocenters. The average molecular weight is 426 g/mol. The van der Waals surface area contributed by atoms with E-state index in [0.29, 0.717) is 12.8 Å². The summed E-state index contributed by atoms with van der Waals surface area (Å²) in [5, 5.41) is 3.95. The van der Waals surface area contributed by atoms with E-state index in [1.54, 1.807) is 0 Å². The second-order valence-electron chi connectivity index (χ2n) is 8.24. The third-order valence-electron chi connectivity index (χ3n) is 5.96. The summed E-state index contributed by atoms with van der Waals surface area (Å²) in [6.45, 7) is 3.66. The molecule has 6 heteroatoms. The topological polar surface area (TPSA) is 52.7 Å². The number of likely N-dealkylation sites (tertiary alicyclic amines) is 1. The van der Waals surface area contributed by atoms with Crippen LogP contribution in [-0.2, 0) is 22.6 Å². The Morgan fingerprint density at radius 1 is 0.967 bits per heavy atom. The Bertz CT molecular complexity index is 874. The lowest BCUT2D eigenvalue weighted by molar-refractivity contribution is -0.121. The molecule has 0 aromatic heterocycles. The van der Waals surface area contributed by atoms with E-state index in [0.717, 1.165) is 61.7 Å². The van der Waals surface area contributed by atoms with Crippen LogP contribution in [0.5, 0.6) is 0 Å². The van der Waals surface area contributed by atoms with Crippen LogP contribution in [0.4, 0.5) is 5.69 Å². The molecule has 2 saturated heterocycles. The predicted octanol–water partition coefficient (Wildman–Crippen LogP) is 3.79. The Balaban J connectivity index is 1.21. The first kappa shape index (κ1) is 20.9. The first-order valence-corrected chi connectivity index (χ1v) is 11.1. The number of carbonyl (C=O) groups excluding carboxylic acids is 2. The summed E-state index contributed by atoms with van der Waals surface area (Å²) in [4.78, 5) is 28.6. The SMILES string of the molecule is O=C(Cc1ccc(N2CCCC2=O)cc1)NC1CCN(Cc2ccc(Cl)cc2)CC1. The van der Waals surface area contributed by atoms with E-state index in [2.05, 4.69) is 22.3 Å². The highest BCUT2D eigenvalue weighted by atomic mass is 35.5. The molecule has 30 heavy (non-hydrogen) atoms. The number of piperidine rings is 1. The standard InChI is InChI=1S/C24H28ClN3O2/c25-20-7-3-19(4-8-20)17-27-14-11-21(12-15-27)26-23(29)16-18-5-9-22(10-6-18)28-13-1-2-24(28)30/h3-10,21H,1-2,11-17H2,(H,26,29). The van der Waals surface area contributed by atoms with Crippen molar-refractivity contribution in [2.45, 2.75) is 44.7 Å². The highest BCUT2D eigenvalue weighted by Crippen LogP contribution is 2.22. The molecule has 0 radical (unpaired) electrons. The molecule has 2 aromatic carbocycles. The molecule has 158 valence electrons. The number of nitrogens with zero attached hydrogens (tertiary/aromatic N) is 2. The van der Waals surface area contributed by atoms with Crippen LogP contribution in [0, 0.1) is 0 Å². The molecule has 0 spiro atoms. The quantitative estimate of drug-likeness (QED) is 0.766. The maximum absolute atomic E-state index is 12.5.